The average molecular weight is 485 g/mol. The van der Waals surface area contributed by atoms with Gasteiger partial charge in [-0.1, -0.05) is 0 Å². The maximum absolute atomic E-state index is 12.7. The van der Waals surface area contributed by atoms with Crippen molar-refractivity contribution in [3.05, 3.63) is 24.2 Å². The molecule has 0 radical (unpaired) electrons. The van der Waals surface area contributed by atoms with Gasteiger partial charge in [-0.25, -0.2) is 9.97 Å². The molecule has 3 aromatic heterocycles. The van der Waals surface area contributed by atoms with Crippen molar-refractivity contribution in [2.75, 3.05) is 29.2 Å². The smallest absolute Gasteiger partial charge is 0.367 e. The number of aromatic nitrogens is 4. The fraction of sp³-hybridized carbons (Fsp3) is 0.500. The first-order valence-corrected chi connectivity index (χ1v) is 12.7. The van der Waals surface area contributed by atoms with Crippen LogP contribution in [0.3, 0.4) is 0 Å². The Morgan fingerprint density at radius 1 is 1.25 bits per heavy atom. The summed E-state index contributed by atoms with van der Waals surface area (Å²) in [5.74, 6) is 1.37. The van der Waals surface area contributed by atoms with E-state index in [0.717, 1.165) is 29.5 Å². The van der Waals surface area contributed by atoms with Crippen molar-refractivity contribution in [3.8, 4) is 10.6 Å². The molecule has 0 bridgehead atoms. The van der Waals surface area contributed by atoms with E-state index in [1.165, 1.54) is 11.3 Å². The normalized spacial score (nSPS) is 19.9. The number of aryl methyl sites for hydroxylation is 1. The summed E-state index contributed by atoms with van der Waals surface area (Å²) in [7, 11) is -0.863. The SMILES string of the molecule is Cc1nc(NCC(F)(F)F)nc(NC2CCC(CS(C)=O)C2)c1-c1nc2cnccc2s1. The van der Waals surface area contributed by atoms with Crippen LogP contribution >= 0.6 is 11.3 Å². The molecule has 0 saturated heterocycles. The Balaban J connectivity index is 1.67. The highest BCUT2D eigenvalue weighted by molar-refractivity contribution is 7.84. The van der Waals surface area contributed by atoms with Crippen LogP contribution in [0.5, 0.6) is 0 Å². The van der Waals surface area contributed by atoms with Gasteiger partial charge < -0.3 is 10.6 Å². The van der Waals surface area contributed by atoms with Gasteiger partial charge in [0, 0.05) is 35.0 Å². The predicted molar refractivity (Wildman–Crippen MR) is 121 cm³/mol. The summed E-state index contributed by atoms with van der Waals surface area (Å²) in [4.78, 5) is 17.4. The van der Waals surface area contributed by atoms with E-state index in [9.17, 15) is 17.4 Å². The van der Waals surface area contributed by atoms with Crippen molar-refractivity contribution in [1.29, 1.82) is 0 Å². The minimum Gasteiger partial charge on any atom is -0.367 e. The van der Waals surface area contributed by atoms with E-state index in [1.807, 2.05) is 6.07 Å². The van der Waals surface area contributed by atoms with Gasteiger partial charge in [0.1, 0.15) is 22.9 Å². The second kappa shape index (κ2) is 9.26. The van der Waals surface area contributed by atoms with Gasteiger partial charge in [0.25, 0.3) is 0 Å². The second-order valence-corrected chi connectivity index (χ2v) is 10.5. The molecule has 172 valence electrons. The Bertz CT molecular complexity index is 1100. The molecule has 4 rings (SSSR count). The quantitative estimate of drug-likeness (QED) is 0.514. The molecule has 1 aliphatic carbocycles. The van der Waals surface area contributed by atoms with E-state index < -0.39 is 23.5 Å². The number of nitrogens with zero attached hydrogens (tertiary/aromatic N) is 4. The zero-order valence-electron chi connectivity index (χ0n) is 17.6. The Morgan fingerprint density at radius 2 is 2.06 bits per heavy atom. The van der Waals surface area contributed by atoms with Crippen molar-refractivity contribution in [1.82, 2.24) is 19.9 Å². The number of fused-ring (bicyclic) bond motifs is 1. The summed E-state index contributed by atoms with van der Waals surface area (Å²) in [5, 5.41) is 6.37. The first kappa shape index (κ1) is 22.8. The van der Waals surface area contributed by atoms with Gasteiger partial charge in [-0.15, -0.1) is 11.3 Å². The van der Waals surface area contributed by atoms with Gasteiger partial charge in [-0.2, -0.15) is 18.2 Å². The molecule has 2 N–H and O–H groups in total. The van der Waals surface area contributed by atoms with Crippen molar-refractivity contribution in [2.45, 2.75) is 38.4 Å². The highest BCUT2D eigenvalue weighted by atomic mass is 32.2. The lowest BCUT2D eigenvalue weighted by molar-refractivity contribution is -0.115. The monoisotopic (exact) mass is 484 g/mol. The summed E-state index contributed by atoms with van der Waals surface area (Å²) in [6, 6.07) is 1.95. The summed E-state index contributed by atoms with van der Waals surface area (Å²) in [6.45, 7) is 0.523. The van der Waals surface area contributed by atoms with E-state index in [2.05, 4.69) is 30.6 Å². The molecule has 1 saturated carbocycles. The number of hydrogen-bond acceptors (Lipinski definition) is 8. The Labute approximate surface area is 189 Å². The van der Waals surface area contributed by atoms with Crippen LogP contribution < -0.4 is 10.6 Å². The zero-order chi connectivity index (χ0) is 22.9. The summed E-state index contributed by atoms with van der Waals surface area (Å²) >= 11 is 1.46. The van der Waals surface area contributed by atoms with Crippen LogP contribution in [0, 0.1) is 12.8 Å². The van der Waals surface area contributed by atoms with Crippen molar-refractivity contribution >= 4 is 44.1 Å². The minimum atomic E-state index is -4.38. The maximum atomic E-state index is 12.7. The van der Waals surface area contributed by atoms with Crippen LogP contribution in [0.15, 0.2) is 18.5 Å². The lowest BCUT2D eigenvalue weighted by atomic mass is 10.1. The summed E-state index contributed by atoms with van der Waals surface area (Å²) < 4.78 is 50.7. The topological polar surface area (TPSA) is 92.7 Å². The fourth-order valence-electron chi connectivity index (χ4n) is 3.96. The molecule has 0 spiro atoms. The molecular formula is C20H23F3N6OS2. The highest BCUT2D eigenvalue weighted by Crippen LogP contribution is 2.38. The minimum absolute atomic E-state index is 0.0851. The van der Waals surface area contributed by atoms with Gasteiger partial charge >= 0.3 is 6.18 Å². The van der Waals surface area contributed by atoms with Crippen LogP contribution in [-0.4, -0.2) is 54.9 Å². The molecule has 3 heterocycles. The molecule has 12 heteroatoms. The Hall–Kier alpha value is -2.34. The van der Waals surface area contributed by atoms with Crippen molar-refractivity contribution in [3.63, 3.8) is 0 Å². The lowest BCUT2D eigenvalue weighted by Crippen LogP contribution is -2.24. The Morgan fingerprint density at radius 3 is 2.78 bits per heavy atom. The van der Waals surface area contributed by atoms with Gasteiger partial charge in [-0.3, -0.25) is 9.19 Å². The third kappa shape index (κ3) is 5.52. The standard InChI is InChI=1S/C20H23F3N6OS2/c1-11-16(18-28-14-8-24-6-5-15(14)31-18)17(29-19(26-11)25-10-20(21,22)23)27-13-4-3-12(7-13)9-32(2)30/h5-6,8,12-13H,3-4,7,9-10H2,1-2H3,(H2,25,26,27,29). The van der Waals surface area contributed by atoms with Crippen LogP contribution in [0.4, 0.5) is 24.9 Å². The number of anilines is 2. The molecule has 0 aliphatic heterocycles. The molecule has 3 atom stereocenters. The number of rotatable bonds is 7. The number of alkyl halides is 3. The van der Waals surface area contributed by atoms with Crippen LogP contribution in [0.2, 0.25) is 0 Å². The molecule has 32 heavy (non-hydrogen) atoms. The van der Waals surface area contributed by atoms with Gasteiger partial charge in [0.05, 0.1) is 22.2 Å². The highest BCUT2D eigenvalue weighted by Gasteiger charge is 2.29. The summed E-state index contributed by atoms with van der Waals surface area (Å²) in [5.41, 5.74) is 1.94. The van der Waals surface area contributed by atoms with Gasteiger partial charge in [-0.05, 0) is 38.2 Å². The van der Waals surface area contributed by atoms with Crippen molar-refractivity contribution < 1.29 is 17.4 Å². The van der Waals surface area contributed by atoms with Crippen LogP contribution in [-0.2, 0) is 10.8 Å². The molecule has 1 aliphatic rings. The number of hydrogen-bond donors (Lipinski definition) is 2. The molecule has 3 unspecified atom stereocenters. The fourth-order valence-corrected chi connectivity index (χ4v) is 5.96. The van der Waals surface area contributed by atoms with Crippen molar-refractivity contribution in [2.24, 2.45) is 5.92 Å². The van der Waals surface area contributed by atoms with E-state index in [-0.39, 0.29) is 12.0 Å². The first-order chi connectivity index (χ1) is 15.2. The largest absolute Gasteiger partial charge is 0.405 e. The lowest BCUT2D eigenvalue weighted by Gasteiger charge is -2.19. The average Bonchev–Trinajstić information content (AvgIpc) is 3.31. The van der Waals surface area contributed by atoms with E-state index in [4.69, 9.17) is 0 Å². The molecular weight excluding hydrogens is 461 g/mol. The van der Waals surface area contributed by atoms with Gasteiger partial charge in [0.2, 0.25) is 5.95 Å². The molecule has 1 fully saturated rings. The van der Waals surface area contributed by atoms with E-state index in [0.29, 0.717) is 33.8 Å². The predicted octanol–water partition coefficient (Wildman–Crippen LogP) is 4.39. The third-order valence-corrected chi connectivity index (χ3v) is 7.29. The molecule has 0 amide bonds. The van der Waals surface area contributed by atoms with Crippen LogP contribution in [0.25, 0.3) is 20.8 Å². The number of nitrogens with one attached hydrogen (secondary N) is 2. The number of pyridine rings is 1. The summed E-state index contributed by atoms with van der Waals surface area (Å²) in [6.07, 6.45) is 3.34. The van der Waals surface area contributed by atoms with E-state index >= 15 is 0 Å². The molecule has 3 aromatic rings. The van der Waals surface area contributed by atoms with Crippen LogP contribution in [0.1, 0.15) is 25.0 Å². The number of halogens is 3. The number of thiazole rings is 1. The Kier molecular flexibility index (Phi) is 6.61. The maximum Gasteiger partial charge on any atom is 0.405 e. The zero-order valence-corrected chi connectivity index (χ0v) is 19.2. The second-order valence-electron chi connectivity index (χ2n) is 7.95. The molecule has 0 aromatic carbocycles. The third-order valence-electron chi connectivity index (χ3n) is 5.29. The molecule has 7 nitrogen and oxygen atoms in total. The first-order valence-electron chi connectivity index (χ1n) is 10.1. The van der Waals surface area contributed by atoms with E-state index in [1.54, 1.807) is 25.6 Å². The van der Waals surface area contributed by atoms with Gasteiger partial charge in [0.15, 0.2) is 0 Å².